The number of β-amino-alcohol motifs (C(OH)–C–C–N with tert-alkyl or cyclic N) is 1. The van der Waals surface area contributed by atoms with Crippen LogP contribution in [0, 0.1) is 5.92 Å². The topological polar surface area (TPSA) is 41.3 Å². The molecule has 1 N–H and O–H groups in total. The second-order valence-corrected chi connectivity index (χ2v) is 7.02. The minimum Gasteiger partial charge on any atom is -0.390 e. The van der Waals surface area contributed by atoms with E-state index in [1.54, 1.807) is 6.20 Å². The molecule has 3 atom stereocenters. The lowest BCUT2D eigenvalue weighted by Gasteiger charge is -2.62. The molecule has 2 aliphatic rings. The van der Waals surface area contributed by atoms with Crippen molar-refractivity contribution in [2.45, 2.75) is 43.9 Å². The average Bonchev–Trinajstić information content (AvgIpc) is 3.06. The molecular formula is C19H25N3O. The number of hydrogen-bond donors (Lipinski definition) is 1. The first-order chi connectivity index (χ1) is 11.3. The molecule has 4 heteroatoms. The molecule has 2 aromatic rings. The van der Waals surface area contributed by atoms with Gasteiger partial charge >= 0.3 is 0 Å². The molecule has 0 radical (unpaired) electrons. The number of hydrogen-bond acceptors (Lipinski definition) is 3. The SMILES string of the molecule is OC(CN1CC2CCCCC21c1ccccc1)Cn1cccn1. The Bertz CT molecular complexity index is 627. The van der Waals surface area contributed by atoms with E-state index < -0.39 is 0 Å². The van der Waals surface area contributed by atoms with Gasteiger partial charge in [-0.05, 0) is 30.4 Å². The van der Waals surface area contributed by atoms with Gasteiger partial charge in [-0.25, -0.2) is 0 Å². The summed E-state index contributed by atoms with van der Waals surface area (Å²) in [5, 5.41) is 14.7. The van der Waals surface area contributed by atoms with Crippen LogP contribution in [-0.4, -0.2) is 39.0 Å². The van der Waals surface area contributed by atoms with Gasteiger partial charge in [-0.1, -0.05) is 43.2 Å². The Balaban J connectivity index is 1.52. The molecule has 122 valence electrons. The highest BCUT2D eigenvalue weighted by Gasteiger charge is 2.54. The first-order valence-electron chi connectivity index (χ1n) is 8.75. The predicted octanol–water partition coefficient (Wildman–Crippen LogP) is 2.65. The third-order valence-corrected chi connectivity index (χ3v) is 5.70. The summed E-state index contributed by atoms with van der Waals surface area (Å²) >= 11 is 0. The summed E-state index contributed by atoms with van der Waals surface area (Å²) in [6.45, 7) is 2.41. The first-order valence-corrected chi connectivity index (χ1v) is 8.75. The Hall–Kier alpha value is -1.65. The lowest BCUT2D eigenvalue weighted by atomic mass is 9.61. The van der Waals surface area contributed by atoms with Gasteiger partial charge in [0.2, 0.25) is 0 Å². The minimum absolute atomic E-state index is 0.157. The molecule has 3 unspecified atom stereocenters. The van der Waals surface area contributed by atoms with E-state index in [0.29, 0.717) is 6.54 Å². The van der Waals surface area contributed by atoms with Crippen molar-refractivity contribution in [1.82, 2.24) is 14.7 Å². The molecule has 23 heavy (non-hydrogen) atoms. The second kappa shape index (κ2) is 6.10. The lowest BCUT2D eigenvalue weighted by molar-refractivity contribution is -0.131. The van der Waals surface area contributed by atoms with Gasteiger partial charge in [0.1, 0.15) is 0 Å². The van der Waals surface area contributed by atoms with Gasteiger partial charge in [0, 0.05) is 25.5 Å². The largest absolute Gasteiger partial charge is 0.390 e. The number of rotatable bonds is 5. The van der Waals surface area contributed by atoms with Crippen LogP contribution in [0.4, 0.5) is 0 Å². The van der Waals surface area contributed by atoms with Gasteiger partial charge in [-0.15, -0.1) is 0 Å². The molecule has 1 aromatic heterocycles. The van der Waals surface area contributed by atoms with Gasteiger partial charge in [0.15, 0.2) is 0 Å². The van der Waals surface area contributed by atoms with E-state index in [0.717, 1.165) is 19.0 Å². The van der Waals surface area contributed by atoms with Gasteiger partial charge in [0.05, 0.1) is 18.2 Å². The summed E-state index contributed by atoms with van der Waals surface area (Å²) in [7, 11) is 0. The number of aliphatic hydroxyl groups is 1. The van der Waals surface area contributed by atoms with E-state index in [1.165, 1.54) is 31.2 Å². The second-order valence-electron chi connectivity index (χ2n) is 7.02. The van der Waals surface area contributed by atoms with Crippen molar-refractivity contribution in [2.75, 3.05) is 13.1 Å². The molecule has 1 aromatic carbocycles. The summed E-state index contributed by atoms with van der Waals surface area (Å²) in [6, 6.07) is 12.8. The Morgan fingerprint density at radius 2 is 2.04 bits per heavy atom. The van der Waals surface area contributed by atoms with E-state index in [1.807, 2.05) is 16.9 Å². The van der Waals surface area contributed by atoms with Crippen molar-refractivity contribution in [3.8, 4) is 0 Å². The van der Waals surface area contributed by atoms with E-state index >= 15 is 0 Å². The fraction of sp³-hybridized carbons (Fsp3) is 0.526. The summed E-state index contributed by atoms with van der Waals surface area (Å²) in [6.07, 6.45) is 8.48. The van der Waals surface area contributed by atoms with E-state index in [9.17, 15) is 5.11 Å². The fourth-order valence-electron chi connectivity index (χ4n) is 4.67. The van der Waals surface area contributed by atoms with Crippen LogP contribution in [0.1, 0.15) is 31.2 Å². The highest BCUT2D eigenvalue weighted by atomic mass is 16.3. The quantitative estimate of drug-likeness (QED) is 0.923. The monoisotopic (exact) mass is 311 g/mol. The van der Waals surface area contributed by atoms with Crippen LogP contribution in [0.5, 0.6) is 0 Å². The Morgan fingerprint density at radius 3 is 2.78 bits per heavy atom. The van der Waals surface area contributed by atoms with Crippen molar-refractivity contribution >= 4 is 0 Å². The zero-order valence-corrected chi connectivity index (χ0v) is 13.5. The molecule has 2 fully saturated rings. The zero-order chi connectivity index (χ0) is 15.7. The predicted molar refractivity (Wildman–Crippen MR) is 89.9 cm³/mol. The summed E-state index contributed by atoms with van der Waals surface area (Å²) in [5.41, 5.74) is 1.59. The number of nitrogens with zero attached hydrogens (tertiary/aromatic N) is 3. The average molecular weight is 311 g/mol. The van der Waals surface area contributed by atoms with Crippen LogP contribution >= 0.6 is 0 Å². The third-order valence-electron chi connectivity index (χ3n) is 5.70. The van der Waals surface area contributed by atoms with Gasteiger partial charge in [0.25, 0.3) is 0 Å². The van der Waals surface area contributed by atoms with Gasteiger partial charge in [-0.3, -0.25) is 9.58 Å². The van der Waals surface area contributed by atoms with Crippen LogP contribution in [0.15, 0.2) is 48.8 Å². The summed E-state index contributed by atoms with van der Waals surface area (Å²) in [4.78, 5) is 2.51. The van der Waals surface area contributed by atoms with Crippen LogP contribution in [0.25, 0.3) is 0 Å². The Morgan fingerprint density at radius 1 is 1.17 bits per heavy atom. The minimum atomic E-state index is -0.377. The van der Waals surface area contributed by atoms with Crippen molar-refractivity contribution in [1.29, 1.82) is 0 Å². The van der Waals surface area contributed by atoms with Gasteiger partial charge < -0.3 is 5.11 Å². The van der Waals surface area contributed by atoms with Crippen LogP contribution < -0.4 is 0 Å². The smallest absolute Gasteiger partial charge is 0.0863 e. The third kappa shape index (κ3) is 2.60. The summed E-state index contributed by atoms with van der Waals surface area (Å²) in [5.74, 6) is 0.746. The summed E-state index contributed by atoms with van der Waals surface area (Å²) < 4.78 is 1.82. The molecule has 1 aliphatic heterocycles. The van der Waals surface area contributed by atoms with Crippen molar-refractivity contribution in [3.05, 3.63) is 54.4 Å². The zero-order valence-electron chi connectivity index (χ0n) is 13.5. The number of likely N-dealkylation sites (tertiary alicyclic amines) is 1. The molecule has 4 nitrogen and oxygen atoms in total. The number of fused-ring (bicyclic) bond motifs is 1. The molecule has 1 aliphatic carbocycles. The van der Waals surface area contributed by atoms with E-state index in [2.05, 4.69) is 40.3 Å². The number of aliphatic hydroxyl groups excluding tert-OH is 1. The fourth-order valence-corrected chi connectivity index (χ4v) is 4.67. The molecule has 4 rings (SSSR count). The Labute approximate surface area is 137 Å². The maximum atomic E-state index is 10.5. The molecule has 1 saturated heterocycles. The molecule has 1 saturated carbocycles. The van der Waals surface area contributed by atoms with Crippen molar-refractivity contribution < 1.29 is 5.11 Å². The van der Waals surface area contributed by atoms with Crippen LogP contribution in [-0.2, 0) is 12.1 Å². The van der Waals surface area contributed by atoms with Crippen molar-refractivity contribution in [2.24, 2.45) is 5.92 Å². The normalized spacial score (nSPS) is 28.8. The van der Waals surface area contributed by atoms with E-state index in [-0.39, 0.29) is 11.6 Å². The maximum Gasteiger partial charge on any atom is 0.0863 e. The lowest BCUT2D eigenvalue weighted by Crippen LogP contribution is -2.67. The highest BCUT2D eigenvalue weighted by molar-refractivity contribution is 5.30. The molecule has 0 spiro atoms. The number of benzene rings is 1. The standard InChI is InChI=1S/C19H25N3O/c23-18(15-22-12-6-11-20-22)14-21-13-17-9-4-5-10-19(17,21)16-7-2-1-3-8-16/h1-3,6-8,11-12,17-18,23H,4-5,9-10,13-15H2. The molecule has 0 amide bonds. The van der Waals surface area contributed by atoms with Crippen molar-refractivity contribution in [3.63, 3.8) is 0 Å². The number of aromatic nitrogens is 2. The first kappa shape index (κ1) is 14.9. The van der Waals surface area contributed by atoms with Crippen LogP contribution in [0.2, 0.25) is 0 Å². The molecule has 0 bridgehead atoms. The maximum absolute atomic E-state index is 10.5. The highest BCUT2D eigenvalue weighted by Crippen LogP contribution is 2.53. The molecule has 2 heterocycles. The Kier molecular flexibility index (Phi) is 3.95. The van der Waals surface area contributed by atoms with Crippen LogP contribution in [0.3, 0.4) is 0 Å². The van der Waals surface area contributed by atoms with E-state index in [4.69, 9.17) is 0 Å². The molecular weight excluding hydrogens is 286 g/mol. The van der Waals surface area contributed by atoms with Gasteiger partial charge in [-0.2, -0.15) is 5.10 Å².